The van der Waals surface area contributed by atoms with Gasteiger partial charge in [0.05, 0.1) is 7.11 Å². The lowest BCUT2D eigenvalue weighted by Crippen LogP contribution is -2.36. The number of aryl methyl sites for hydroxylation is 1. The minimum absolute atomic E-state index is 0.338. The first-order valence-corrected chi connectivity index (χ1v) is 6.71. The van der Waals surface area contributed by atoms with Gasteiger partial charge in [-0.25, -0.2) is 4.79 Å². The molecule has 0 radical (unpaired) electrons. The molecule has 0 saturated heterocycles. The third kappa shape index (κ3) is 4.91. The van der Waals surface area contributed by atoms with E-state index in [4.69, 9.17) is 0 Å². The number of likely N-dealkylation sites (N-methyl/N-ethyl adjacent to an activating group) is 1. The van der Waals surface area contributed by atoms with E-state index in [0.29, 0.717) is 12.6 Å². The van der Waals surface area contributed by atoms with Crippen molar-refractivity contribution < 1.29 is 9.53 Å². The number of hydrogen-bond donors (Lipinski definition) is 1. The van der Waals surface area contributed by atoms with Crippen molar-refractivity contribution in [2.75, 3.05) is 26.7 Å². The Kier molecular flexibility index (Phi) is 6.36. The van der Waals surface area contributed by atoms with Gasteiger partial charge in [0.15, 0.2) is 0 Å². The van der Waals surface area contributed by atoms with Crippen LogP contribution in [0.25, 0.3) is 0 Å². The van der Waals surface area contributed by atoms with Gasteiger partial charge in [0.2, 0.25) is 0 Å². The molecule has 0 aliphatic rings. The van der Waals surface area contributed by atoms with Gasteiger partial charge in [-0.1, -0.05) is 36.8 Å². The molecule has 4 nitrogen and oxygen atoms in total. The predicted molar refractivity (Wildman–Crippen MR) is 77.2 cm³/mol. The minimum atomic E-state index is -0.376. The Morgan fingerprint density at radius 2 is 2.00 bits per heavy atom. The lowest BCUT2D eigenvalue weighted by atomic mass is 10.1. The average Bonchev–Trinajstić information content (AvgIpc) is 2.43. The van der Waals surface area contributed by atoms with Gasteiger partial charge in [-0.15, -0.1) is 0 Å². The molecule has 1 amide bonds. The lowest BCUT2D eigenvalue weighted by molar-refractivity contribution is 0.165. The summed E-state index contributed by atoms with van der Waals surface area (Å²) in [4.78, 5) is 13.3. The Morgan fingerprint density at radius 1 is 1.37 bits per heavy atom. The van der Waals surface area contributed by atoms with Gasteiger partial charge in [-0.2, -0.15) is 0 Å². The molecule has 0 saturated carbocycles. The van der Waals surface area contributed by atoms with Crippen molar-refractivity contribution in [3.63, 3.8) is 0 Å². The maximum Gasteiger partial charge on any atom is 0.406 e. The Morgan fingerprint density at radius 3 is 2.53 bits per heavy atom. The van der Waals surface area contributed by atoms with Crippen LogP contribution >= 0.6 is 0 Å². The second-order valence-corrected chi connectivity index (χ2v) is 4.63. The maximum atomic E-state index is 11.0. The summed E-state index contributed by atoms with van der Waals surface area (Å²) in [5, 5.41) is 2.71. The summed E-state index contributed by atoms with van der Waals surface area (Å²) in [6, 6.07) is 8.93. The number of carbonyl (C=O) groups is 1. The van der Waals surface area contributed by atoms with Crippen LogP contribution in [0.3, 0.4) is 0 Å². The molecule has 0 aromatic heterocycles. The SMILES string of the molecule is CCN(CCNC(=O)OC)[C@@H](C)c1ccc(C)cc1. The molecule has 1 aromatic rings. The molecule has 0 fully saturated rings. The van der Waals surface area contributed by atoms with Gasteiger partial charge in [0.1, 0.15) is 0 Å². The first-order valence-electron chi connectivity index (χ1n) is 6.71. The van der Waals surface area contributed by atoms with Crippen LogP contribution in [0.15, 0.2) is 24.3 Å². The van der Waals surface area contributed by atoms with Gasteiger partial charge in [-0.3, -0.25) is 4.90 Å². The Balaban J connectivity index is 2.53. The molecule has 1 aromatic carbocycles. The fraction of sp³-hybridized carbons (Fsp3) is 0.533. The highest BCUT2D eigenvalue weighted by atomic mass is 16.5. The third-order valence-corrected chi connectivity index (χ3v) is 3.37. The predicted octanol–water partition coefficient (Wildman–Crippen LogP) is 2.73. The maximum absolute atomic E-state index is 11.0. The number of nitrogens with one attached hydrogen (secondary N) is 1. The number of methoxy groups -OCH3 is 1. The summed E-state index contributed by atoms with van der Waals surface area (Å²) >= 11 is 0. The van der Waals surface area contributed by atoms with E-state index in [0.717, 1.165) is 13.1 Å². The molecular formula is C15H24N2O2. The van der Waals surface area contributed by atoms with Gasteiger partial charge in [-0.05, 0) is 26.0 Å². The monoisotopic (exact) mass is 264 g/mol. The highest BCUT2D eigenvalue weighted by Crippen LogP contribution is 2.19. The standard InChI is InChI=1S/C15H24N2O2/c1-5-17(11-10-16-15(18)19-4)13(3)14-8-6-12(2)7-9-14/h6-9,13H,5,10-11H2,1-4H3,(H,16,18)/t13-/m0/s1. The van der Waals surface area contributed by atoms with Crippen molar-refractivity contribution in [2.45, 2.75) is 26.8 Å². The van der Waals surface area contributed by atoms with Crippen LogP contribution in [0.2, 0.25) is 0 Å². The number of alkyl carbamates (subject to hydrolysis) is 1. The van der Waals surface area contributed by atoms with Crippen LogP contribution in [0, 0.1) is 6.92 Å². The number of benzene rings is 1. The number of carbonyl (C=O) groups excluding carboxylic acids is 1. The van der Waals surface area contributed by atoms with Gasteiger partial charge in [0, 0.05) is 19.1 Å². The van der Waals surface area contributed by atoms with E-state index in [2.05, 4.69) is 60.0 Å². The minimum Gasteiger partial charge on any atom is -0.453 e. The van der Waals surface area contributed by atoms with Crippen LogP contribution in [-0.2, 0) is 4.74 Å². The summed E-state index contributed by atoms with van der Waals surface area (Å²) < 4.78 is 4.56. The van der Waals surface area contributed by atoms with Gasteiger partial charge < -0.3 is 10.1 Å². The summed E-state index contributed by atoms with van der Waals surface area (Å²) in [6.45, 7) is 8.75. The Bertz CT molecular complexity index is 390. The Hall–Kier alpha value is -1.55. The molecule has 1 rings (SSSR count). The number of rotatable bonds is 6. The summed E-state index contributed by atoms with van der Waals surface area (Å²) in [5.41, 5.74) is 2.57. The topological polar surface area (TPSA) is 41.6 Å². The molecule has 0 aliphatic carbocycles. The molecule has 4 heteroatoms. The number of nitrogens with zero attached hydrogens (tertiary/aromatic N) is 1. The smallest absolute Gasteiger partial charge is 0.406 e. The third-order valence-electron chi connectivity index (χ3n) is 3.37. The molecule has 0 bridgehead atoms. The molecule has 1 N–H and O–H groups in total. The van der Waals surface area contributed by atoms with Crippen molar-refractivity contribution in [3.05, 3.63) is 35.4 Å². The van der Waals surface area contributed by atoms with Crippen molar-refractivity contribution in [3.8, 4) is 0 Å². The quantitative estimate of drug-likeness (QED) is 0.859. The molecular weight excluding hydrogens is 240 g/mol. The van der Waals surface area contributed by atoms with Gasteiger partial charge in [0.25, 0.3) is 0 Å². The zero-order valence-electron chi connectivity index (χ0n) is 12.3. The first kappa shape index (κ1) is 15.5. The number of ether oxygens (including phenoxy) is 1. The number of amides is 1. The molecule has 0 heterocycles. The zero-order chi connectivity index (χ0) is 14.3. The van der Waals surface area contributed by atoms with E-state index < -0.39 is 0 Å². The van der Waals surface area contributed by atoms with Crippen LogP contribution in [0.1, 0.15) is 31.0 Å². The Labute approximate surface area is 115 Å². The lowest BCUT2D eigenvalue weighted by Gasteiger charge is -2.28. The van der Waals surface area contributed by atoms with Crippen LogP contribution in [0.5, 0.6) is 0 Å². The highest BCUT2D eigenvalue weighted by Gasteiger charge is 2.13. The van der Waals surface area contributed by atoms with E-state index in [1.54, 1.807) is 0 Å². The van der Waals surface area contributed by atoms with Crippen LogP contribution in [-0.4, -0.2) is 37.7 Å². The van der Waals surface area contributed by atoms with Crippen LogP contribution in [0.4, 0.5) is 4.79 Å². The summed E-state index contributed by atoms with van der Waals surface area (Å²) in [5.74, 6) is 0. The van der Waals surface area contributed by atoms with Crippen LogP contribution < -0.4 is 5.32 Å². The van der Waals surface area contributed by atoms with Crippen molar-refractivity contribution in [1.29, 1.82) is 0 Å². The largest absolute Gasteiger partial charge is 0.453 e. The zero-order valence-corrected chi connectivity index (χ0v) is 12.3. The van der Waals surface area contributed by atoms with Crippen molar-refractivity contribution in [2.24, 2.45) is 0 Å². The van der Waals surface area contributed by atoms with E-state index in [9.17, 15) is 4.79 Å². The molecule has 0 aliphatic heterocycles. The van der Waals surface area contributed by atoms with E-state index >= 15 is 0 Å². The first-order chi connectivity index (χ1) is 9.08. The molecule has 1 atom stereocenters. The summed E-state index contributed by atoms with van der Waals surface area (Å²) in [6.07, 6.45) is -0.376. The fourth-order valence-corrected chi connectivity index (χ4v) is 2.06. The highest BCUT2D eigenvalue weighted by molar-refractivity contribution is 5.66. The normalized spacial score (nSPS) is 12.3. The van der Waals surface area contributed by atoms with E-state index in [-0.39, 0.29) is 6.09 Å². The number of hydrogen-bond acceptors (Lipinski definition) is 3. The van der Waals surface area contributed by atoms with Crippen molar-refractivity contribution in [1.82, 2.24) is 10.2 Å². The molecule has 106 valence electrons. The van der Waals surface area contributed by atoms with E-state index in [1.165, 1.54) is 18.2 Å². The second-order valence-electron chi connectivity index (χ2n) is 4.63. The fourth-order valence-electron chi connectivity index (χ4n) is 2.06. The second kappa shape index (κ2) is 7.79. The molecule has 0 unspecified atom stereocenters. The molecule has 0 spiro atoms. The van der Waals surface area contributed by atoms with Crippen molar-refractivity contribution >= 4 is 6.09 Å². The molecule has 19 heavy (non-hydrogen) atoms. The van der Waals surface area contributed by atoms with E-state index in [1.807, 2.05) is 0 Å². The van der Waals surface area contributed by atoms with Gasteiger partial charge >= 0.3 is 6.09 Å². The average molecular weight is 264 g/mol. The summed E-state index contributed by atoms with van der Waals surface area (Å²) in [7, 11) is 1.38.